The lowest BCUT2D eigenvalue weighted by Gasteiger charge is -2.09. The minimum absolute atomic E-state index is 0.306. The third-order valence-electron chi connectivity index (χ3n) is 2.00. The highest BCUT2D eigenvalue weighted by molar-refractivity contribution is 9.10. The number of carboxylic acids is 1. The van der Waals surface area contributed by atoms with Gasteiger partial charge in [-0.05, 0) is 40.5 Å². The number of benzene rings is 1. The molecular weight excluding hydrogens is 309 g/mol. The third kappa shape index (κ3) is 4.42. The summed E-state index contributed by atoms with van der Waals surface area (Å²) in [6.07, 6.45) is 0. The summed E-state index contributed by atoms with van der Waals surface area (Å²) < 4.78 is 18.2. The maximum absolute atomic E-state index is 13.3. The van der Waals surface area contributed by atoms with Crippen molar-refractivity contribution < 1.29 is 23.8 Å². The molecule has 0 fully saturated rings. The van der Waals surface area contributed by atoms with Crippen LogP contribution in [0.4, 0.5) is 10.1 Å². The summed E-state index contributed by atoms with van der Waals surface area (Å²) >= 11 is 3.03. The third-order valence-corrected chi connectivity index (χ3v) is 2.61. The van der Waals surface area contributed by atoms with Gasteiger partial charge in [-0.25, -0.2) is 9.18 Å². The standard InChI is InChI=1S/C11H11BrFNO4/c1-6-2-7(12)8(13)3-9(6)14-10(15)4-18-5-11(16)17/h2-3H,4-5H2,1H3,(H,14,15)(H,16,17). The Morgan fingerprint density at radius 2 is 2.11 bits per heavy atom. The van der Waals surface area contributed by atoms with Crippen LogP contribution in [-0.4, -0.2) is 30.2 Å². The zero-order valence-corrected chi connectivity index (χ0v) is 11.1. The molecule has 1 aromatic rings. The number of hydrogen-bond acceptors (Lipinski definition) is 3. The molecular formula is C11H11BrFNO4. The van der Waals surface area contributed by atoms with Gasteiger partial charge >= 0.3 is 5.97 Å². The lowest BCUT2D eigenvalue weighted by atomic mass is 10.2. The molecule has 0 atom stereocenters. The highest BCUT2D eigenvalue weighted by Crippen LogP contribution is 2.23. The Labute approximate surface area is 111 Å². The molecule has 98 valence electrons. The molecule has 0 spiro atoms. The molecule has 18 heavy (non-hydrogen) atoms. The number of ether oxygens (including phenoxy) is 1. The number of anilines is 1. The minimum atomic E-state index is -1.16. The second kappa shape index (κ2) is 6.46. The summed E-state index contributed by atoms with van der Waals surface area (Å²) in [7, 11) is 0. The maximum atomic E-state index is 13.3. The van der Waals surface area contributed by atoms with Crippen LogP contribution in [0, 0.1) is 12.7 Å². The van der Waals surface area contributed by atoms with Crippen LogP contribution < -0.4 is 5.32 Å². The lowest BCUT2D eigenvalue weighted by Crippen LogP contribution is -2.21. The van der Waals surface area contributed by atoms with E-state index in [-0.39, 0.29) is 0 Å². The molecule has 0 aliphatic heterocycles. The van der Waals surface area contributed by atoms with Gasteiger partial charge < -0.3 is 15.2 Å². The van der Waals surface area contributed by atoms with Crippen LogP contribution in [0.5, 0.6) is 0 Å². The highest BCUT2D eigenvalue weighted by atomic mass is 79.9. The number of carbonyl (C=O) groups is 2. The highest BCUT2D eigenvalue weighted by Gasteiger charge is 2.09. The van der Waals surface area contributed by atoms with Gasteiger partial charge in [0.1, 0.15) is 19.0 Å². The molecule has 0 aliphatic rings. The van der Waals surface area contributed by atoms with Crippen LogP contribution in [0.15, 0.2) is 16.6 Å². The van der Waals surface area contributed by atoms with E-state index >= 15 is 0 Å². The Balaban J connectivity index is 2.59. The average Bonchev–Trinajstić information content (AvgIpc) is 2.25. The van der Waals surface area contributed by atoms with Crippen LogP contribution in [0.3, 0.4) is 0 Å². The molecule has 1 amide bonds. The van der Waals surface area contributed by atoms with Crippen LogP contribution in [0.25, 0.3) is 0 Å². The van der Waals surface area contributed by atoms with Gasteiger partial charge in [-0.15, -0.1) is 0 Å². The fraction of sp³-hybridized carbons (Fsp3) is 0.273. The first-order chi connectivity index (χ1) is 8.40. The smallest absolute Gasteiger partial charge is 0.329 e. The molecule has 2 N–H and O–H groups in total. The lowest BCUT2D eigenvalue weighted by molar-refractivity contribution is -0.143. The van der Waals surface area contributed by atoms with Crippen molar-refractivity contribution in [3.05, 3.63) is 28.0 Å². The summed E-state index contributed by atoms with van der Waals surface area (Å²) in [5.74, 6) is -2.20. The van der Waals surface area contributed by atoms with Gasteiger partial charge in [0, 0.05) is 5.69 Å². The normalized spacial score (nSPS) is 10.2. The van der Waals surface area contributed by atoms with E-state index in [1.54, 1.807) is 6.92 Å². The Hall–Kier alpha value is -1.47. The molecule has 0 bridgehead atoms. The van der Waals surface area contributed by atoms with Gasteiger partial charge in [0.25, 0.3) is 0 Å². The number of nitrogens with one attached hydrogen (secondary N) is 1. The summed E-state index contributed by atoms with van der Waals surface area (Å²) in [5.41, 5.74) is 0.995. The van der Waals surface area contributed by atoms with Crippen molar-refractivity contribution in [1.29, 1.82) is 0 Å². The summed E-state index contributed by atoms with van der Waals surface area (Å²) in [6, 6.07) is 2.71. The fourth-order valence-electron chi connectivity index (χ4n) is 1.20. The number of aliphatic carboxylic acids is 1. The zero-order valence-electron chi connectivity index (χ0n) is 9.50. The van der Waals surface area contributed by atoms with Crippen molar-refractivity contribution in [2.24, 2.45) is 0 Å². The van der Waals surface area contributed by atoms with Crippen molar-refractivity contribution in [1.82, 2.24) is 0 Å². The predicted octanol–water partition coefficient (Wildman–Crippen LogP) is 1.94. The molecule has 0 unspecified atom stereocenters. The van der Waals surface area contributed by atoms with Crippen molar-refractivity contribution >= 4 is 33.5 Å². The number of rotatable bonds is 5. The number of hydrogen-bond donors (Lipinski definition) is 2. The van der Waals surface area contributed by atoms with E-state index in [0.717, 1.165) is 0 Å². The van der Waals surface area contributed by atoms with Gasteiger partial charge in [-0.1, -0.05) is 0 Å². The quantitative estimate of drug-likeness (QED) is 0.869. The van der Waals surface area contributed by atoms with Crippen molar-refractivity contribution in [2.75, 3.05) is 18.5 Å². The SMILES string of the molecule is Cc1cc(Br)c(F)cc1NC(=O)COCC(=O)O. The van der Waals surface area contributed by atoms with E-state index in [2.05, 4.69) is 26.0 Å². The number of amides is 1. The first-order valence-electron chi connectivity index (χ1n) is 4.95. The molecule has 5 nitrogen and oxygen atoms in total. The van der Waals surface area contributed by atoms with Gasteiger partial charge in [-0.3, -0.25) is 4.79 Å². The maximum Gasteiger partial charge on any atom is 0.329 e. The molecule has 0 aromatic heterocycles. The molecule has 7 heteroatoms. The number of carbonyl (C=O) groups excluding carboxylic acids is 1. The van der Waals surface area contributed by atoms with Crippen LogP contribution in [0.1, 0.15) is 5.56 Å². The monoisotopic (exact) mass is 319 g/mol. The molecule has 0 saturated carbocycles. The van der Waals surface area contributed by atoms with E-state index in [9.17, 15) is 14.0 Å². The van der Waals surface area contributed by atoms with E-state index in [0.29, 0.717) is 15.7 Å². The molecule has 1 aromatic carbocycles. The van der Waals surface area contributed by atoms with Gasteiger partial charge in [-0.2, -0.15) is 0 Å². The van der Waals surface area contributed by atoms with Gasteiger partial charge in [0.2, 0.25) is 5.91 Å². The predicted molar refractivity (Wildman–Crippen MR) is 65.9 cm³/mol. The molecule has 1 rings (SSSR count). The summed E-state index contributed by atoms with van der Waals surface area (Å²) in [6.45, 7) is 0.752. The molecule has 0 heterocycles. The summed E-state index contributed by atoms with van der Waals surface area (Å²) in [5, 5.41) is 10.7. The second-order valence-corrected chi connectivity index (χ2v) is 4.37. The Morgan fingerprint density at radius 3 is 2.72 bits per heavy atom. The molecule has 0 radical (unpaired) electrons. The van der Waals surface area contributed by atoms with E-state index in [1.807, 2.05) is 0 Å². The first kappa shape index (κ1) is 14.6. The summed E-state index contributed by atoms with van der Waals surface area (Å²) in [4.78, 5) is 21.5. The van der Waals surface area contributed by atoms with Crippen LogP contribution in [-0.2, 0) is 14.3 Å². The average molecular weight is 320 g/mol. The van der Waals surface area contributed by atoms with Crippen molar-refractivity contribution in [3.63, 3.8) is 0 Å². The Morgan fingerprint density at radius 1 is 1.44 bits per heavy atom. The Kier molecular flexibility index (Phi) is 5.24. The topological polar surface area (TPSA) is 75.6 Å². The van der Waals surface area contributed by atoms with E-state index < -0.39 is 30.9 Å². The van der Waals surface area contributed by atoms with E-state index in [4.69, 9.17) is 5.11 Å². The van der Waals surface area contributed by atoms with Crippen LogP contribution in [0.2, 0.25) is 0 Å². The number of carboxylic acid groups (broad SMARTS) is 1. The zero-order chi connectivity index (χ0) is 13.7. The Bertz CT molecular complexity index is 478. The number of halogens is 2. The van der Waals surface area contributed by atoms with Gasteiger partial charge in [0.15, 0.2) is 0 Å². The first-order valence-corrected chi connectivity index (χ1v) is 5.74. The molecule has 0 aliphatic carbocycles. The largest absolute Gasteiger partial charge is 0.480 e. The van der Waals surface area contributed by atoms with Gasteiger partial charge in [0.05, 0.1) is 4.47 Å². The molecule has 0 saturated heterocycles. The van der Waals surface area contributed by atoms with Crippen LogP contribution >= 0.6 is 15.9 Å². The second-order valence-electron chi connectivity index (χ2n) is 3.52. The van der Waals surface area contributed by atoms with Crippen molar-refractivity contribution in [2.45, 2.75) is 6.92 Å². The minimum Gasteiger partial charge on any atom is -0.480 e. The number of aryl methyl sites for hydroxylation is 1. The van der Waals surface area contributed by atoms with E-state index in [1.165, 1.54) is 12.1 Å². The fourth-order valence-corrected chi connectivity index (χ4v) is 1.66. The van der Waals surface area contributed by atoms with Crippen molar-refractivity contribution in [3.8, 4) is 0 Å².